The van der Waals surface area contributed by atoms with E-state index in [2.05, 4.69) is 51.5 Å². The summed E-state index contributed by atoms with van der Waals surface area (Å²) in [5.41, 5.74) is 4.75. The van der Waals surface area contributed by atoms with Crippen molar-refractivity contribution in [3.8, 4) is 11.5 Å². The Morgan fingerprint density at radius 2 is 1.71 bits per heavy atom. The zero-order chi connectivity index (χ0) is 30.8. The predicted molar refractivity (Wildman–Crippen MR) is 177 cm³/mol. The molecule has 2 aliphatic heterocycles. The van der Waals surface area contributed by atoms with E-state index in [9.17, 15) is 4.79 Å². The van der Waals surface area contributed by atoms with Gasteiger partial charge in [-0.25, -0.2) is 9.97 Å². The number of piperazine rings is 1. The Bertz CT molecular complexity index is 1610. The molecule has 1 amide bonds. The number of methoxy groups -OCH3 is 1. The van der Waals surface area contributed by atoms with E-state index in [1.165, 1.54) is 5.56 Å². The second kappa shape index (κ2) is 15.1. The first-order chi connectivity index (χ1) is 22.1. The lowest BCUT2D eigenvalue weighted by Gasteiger charge is -2.35. The predicted octanol–water partition coefficient (Wildman–Crippen LogP) is 5.41. The van der Waals surface area contributed by atoms with Gasteiger partial charge in [-0.1, -0.05) is 72.4 Å². The van der Waals surface area contributed by atoms with Crippen molar-refractivity contribution in [3.05, 3.63) is 113 Å². The fourth-order valence-electron chi connectivity index (χ4n) is 5.20. The highest BCUT2D eigenvalue weighted by molar-refractivity contribution is 7.98. The maximum absolute atomic E-state index is 12.7. The van der Waals surface area contributed by atoms with Gasteiger partial charge in [-0.3, -0.25) is 9.69 Å². The van der Waals surface area contributed by atoms with E-state index in [0.717, 1.165) is 66.3 Å². The Morgan fingerprint density at radius 1 is 0.933 bits per heavy atom. The summed E-state index contributed by atoms with van der Waals surface area (Å²) in [6.07, 6.45) is 4.42. The zero-order valence-corrected chi connectivity index (χ0v) is 26.2. The van der Waals surface area contributed by atoms with E-state index in [4.69, 9.17) is 24.2 Å². The van der Waals surface area contributed by atoms with E-state index < -0.39 is 0 Å². The highest BCUT2D eigenvalue weighted by Crippen LogP contribution is 2.32. The average Bonchev–Trinajstić information content (AvgIpc) is 3.56. The summed E-state index contributed by atoms with van der Waals surface area (Å²) in [4.78, 5) is 27.2. The Morgan fingerprint density at radius 3 is 2.51 bits per heavy atom. The van der Waals surface area contributed by atoms with Crippen molar-refractivity contribution in [3.63, 3.8) is 0 Å². The smallest absolute Gasteiger partial charge is 0.251 e. The van der Waals surface area contributed by atoms with Crippen molar-refractivity contribution in [2.75, 3.05) is 51.5 Å². The molecule has 1 N–H and O–H groups in total. The standard InChI is InChI=1S/C35H37N5O4S/c1-42-23-30-21-33(40-18-16-39(17-19-40)15-5-8-26-6-3-2-4-7-26)38-35(37-30)45-24-27-9-12-29(13-10-27)34(41)36-22-28-11-14-31-32(20-28)44-25-43-31/h2-14,20-21H,15-19,22-25H2,1H3,(H,36,41)/b8-5+. The van der Waals surface area contributed by atoms with Gasteiger partial charge >= 0.3 is 0 Å². The van der Waals surface area contributed by atoms with Crippen LogP contribution in [0.25, 0.3) is 6.08 Å². The molecule has 3 aromatic carbocycles. The largest absolute Gasteiger partial charge is 0.454 e. The van der Waals surface area contributed by atoms with Gasteiger partial charge in [0.1, 0.15) is 5.82 Å². The minimum atomic E-state index is -0.126. The third kappa shape index (κ3) is 8.42. The van der Waals surface area contributed by atoms with E-state index in [1.807, 2.05) is 54.6 Å². The number of rotatable bonds is 12. The van der Waals surface area contributed by atoms with Crippen LogP contribution >= 0.6 is 11.8 Å². The minimum absolute atomic E-state index is 0.126. The number of hydrogen-bond donors (Lipinski definition) is 1. The number of ether oxygens (including phenoxy) is 3. The quantitative estimate of drug-likeness (QED) is 0.164. The van der Waals surface area contributed by atoms with Gasteiger partial charge in [0, 0.05) is 63.8 Å². The molecular formula is C35H37N5O4S. The van der Waals surface area contributed by atoms with Crippen LogP contribution in [0.15, 0.2) is 90.1 Å². The fourth-order valence-corrected chi connectivity index (χ4v) is 6.03. The maximum Gasteiger partial charge on any atom is 0.251 e. The Balaban J connectivity index is 1.01. The van der Waals surface area contributed by atoms with Gasteiger partial charge < -0.3 is 24.4 Å². The van der Waals surface area contributed by atoms with Gasteiger partial charge in [-0.2, -0.15) is 0 Å². The lowest BCUT2D eigenvalue weighted by atomic mass is 10.1. The second-order valence-electron chi connectivity index (χ2n) is 10.9. The monoisotopic (exact) mass is 623 g/mol. The number of nitrogens with one attached hydrogen (secondary N) is 1. The number of nitrogens with zero attached hydrogens (tertiary/aromatic N) is 4. The van der Waals surface area contributed by atoms with Crippen molar-refractivity contribution in [2.24, 2.45) is 0 Å². The van der Waals surface area contributed by atoms with Crippen LogP contribution in [-0.2, 0) is 23.6 Å². The van der Waals surface area contributed by atoms with Gasteiger partial charge in [0.15, 0.2) is 16.7 Å². The molecule has 0 saturated carbocycles. The zero-order valence-electron chi connectivity index (χ0n) is 25.4. The van der Waals surface area contributed by atoms with Crippen molar-refractivity contribution in [1.29, 1.82) is 0 Å². The highest BCUT2D eigenvalue weighted by Gasteiger charge is 2.19. The molecule has 45 heavy (non-hydrogen) atoms. The third-order valence-corrected chi connectivity index (χ3v) is 8.60. The van der Waals surface area contributed by atoms with Crippen LogP contribution in [0.5, 0.6) is 11.5 Å². The molecule has 9 nitrogen and oxygen atoms in total. The van der Waals surface area contributed by atoms with E-state index in [-0.39, 0.29) is 12.7 Å². The average molecular weight is 624 g/mol. The molecule has 0 unspecified atom stereocenters. The molecule has 2 aliphatic rings. The normalized spacial score (nSPS) is 14.6. The Hall–Kier alpha value is -4.38. The molecule has 6 rings (SSSR count). The molecule has 10 heteroatoms. The number of benzene rings is 3. The molecule has 0 aliphatic carbocycles. The number of anilines is 1. The summed E-state index contributed by atoms with van der Waals surface area (Å²) in [6, 6.07) is 25.8. The molecule has 232 valence electrons. The first kappa shape index (κ1) is 30.6. The number of thioether (sulfide) groups is 1. The van der Waals surface area contributed by atoms with Crippen LogP contribution in [0.1, 0.15) is 32.7 Å². The third-order valence-electron chi connectivity index (χ3n) is 7.68. The topological polar surface area (TPSA) is 89.1 Å². The first-order valence-corrected chi connectivity index (χ1v) is 16.1. The lowest BCUT2D eigenvalue weighted by molar-refractivity contribution is 0.0951. The Kier molecular flexibility index (Phi) is 10.3. The molecule has 0 radical (unpaired) electrons. The maximum atomic E-state index is 12.7. The molecule has 0 bridgehead atoms. The molecular weight excluding hydrogens is 586 g/mol. The van der Waals surface area contributed by atoms with E-state index in [0.29, 0.717) is 30.2 Å². The fraction of sp³-hybridized carbons (Fsp3) is 0.286. The highest BCUT2D eigenvalue weighted by atomic mass is 32.2. The minimum Gasteiger partial charge on any atom is -0.454 e. The van der Waals surface area contributed by atoms with Gasteiger partial charge in [-0.05, 0) is 41.0 Å². The van der Waals surface area contributed by atoms with Crippen LogP contribution in [0.3, 0.4) is 0 Å². The van der Waals surface area contributed by atoms with Crippen molar-refractivity contribution in [2.45, 2.75) is 24.1 Å². The van der Waals surface area contributed by atoms with Crippen molar-refractivity contribution >= 4 is 29.6 Å². The van der Waals surface area contributed by atoms with Crippen molar-refractivity contribution in [1.82, 2.24) is 20.2 Å². The van der Waals surface area contributed by atoms with Crippen LogP contribution in [0.2, 0.25) is 0 Å². The van der Waals surface area contributed by atoms with Crippen LogP contribution in [0, 0.1) is 0 Å². The summed E-state index contributed by atoms with van der Waals surface area (Å²) >= 11 is 1.59. The van der Waals surface area contributed by atoms with Gasteiger partial charge in [0.25, 0.3) is 5.91 Å². The number of hydrogen-bond acceptors (Lipinski definition) is 9. The molecule has 1 saturated heterocycles. The summed E-state index contributed by atoms with van der Waals surface area (Å²) in [5.74, 6) is 2.94. The molecule has 4 aromatic rings. The van der Waals surface area contributed by atoms with Crippen LogP contribution in [-0.4, -0.2) is 67.4 Å². The summed E-state index contributed by atoms with van der Waals surface area (Å²) in [7, 11) is 1.68. The van der Waals surface area contributed by atoms with Gasteiger partial charge in [0.05, 0.1) is 12.3 Å². The second-order valence-corrected chi connectivity index (χ2v) is 11.8. The summed E-state index contributed by atoms with van der Waals surface area (Å²) < 4.78 is 16.2. The first-order valence-electron chi connectivity index (χ1n) is 15.1. The molecule has 1 fully saturated rings. The van der Waals surface area contributed by atoms with Crippen molar-refractivity contribution < 1.29 is 19.0 Å². The molecule has 0 spiro atoms. The number of amides is 1. The number of aromatic nitrogens is 2. The number of fused-ring (bicyclic) bond motifs is 1. The SMILES string of the molecule is COCc1cc(N2CCN(C/C=C/c3ccccc3)CC2)nc(SCc2ccc(C(=O)NCc3ccc4c(c3)OCO4)cc2)n1. The molecule has 3 heterocycles. The summed E-state index contributed by atoms with van der Waals surface area (Å²) in [6.45, 7) is 5.77. The van der Waals surface area contributed by atoms with E-state index in [1.54, 1.807) is 18.9 Å². The van der Waals surface area contributed by atoms with Crippen LogP contribution in [0.4, 0.5) is 5.82 Å². The Labute approximate surface area is 268 Å². The van der Waals surface area contributed by atoms with Gasteiger partial charge in [0.2, 0.25) is 6.79 Å². The number of carbonyl (C=O) groups excluding carboxylic acids is 1. The van der Waals surface area contributed by atoms with Gasteiger partial charge in [-0.15, -0.1) is 0 Å². The molecule has 1 aromatic heterocycles. The molecule has 0 atom stereocenters. The number of carbonyl (C=O) groups is 1. The lowest BCUT2D eigenvalue weighted by Crippen LogP contribution is -2.46. The van der Waals surface area contributed by atoms with E-state index >= 15 is 0 Å². The summed E-state index contributed by atoms with van der Waals surface area (Å²) in [5, 5.41) is 3.70. The van der Waals surface area contributed by atoms with Crippen LogP contribution < -0.4 is 19.7 Å².